The molecule has 0 heterocycles. The first-order valence-electron chi connectivity index (χ1n) is 3.70. The molecule has 0 fully saturated rings. The second-order valence-electron chi connectivity index (χ2n) is 2.94. The minimum Gasteiger partial charge on any atom is -0.230 e. The van der Waals surface area contributed by atoms with Gasteiger partial charge in [-0.1, -0.05) is 0 Å². The van der Waals surface area contributed by atoms with E-state index in [0.717, 1.165) is 0 Å². The summed E-state index contributed by atoms with van der Waals surface area (Å²) in [7, 11) is -1.33. The average Bonchev–Trinajstić information content (AvgIpc) is 1.98. The van der Waals surface area contributed by atoms with Crippen LogP contribution < -0.4 is 0 Å². The molecule has 0 rings (SSSR count). The smallest absolute Gasteiger partial charge is 0.230 e. The van der Waals surface area contributed by atoms with Crippen LogP contribution in [-0.2, 0) is 8.15 Å². The molecule has 0 bridgehead atoms. The van der Waals surface area contributed by atoms with Crippen molar-refractivity contribution in [2.75, 3.05) is 0 Å². The van der Waals surface area contributed by atoms with Crippen LogP contribution >= 0.6 is 32.3 Å². The molecule has 0 saturated carbocycles. The van der Waals surface area contributed by atoms with Gasteiger partial charge in [-0.2, -0.15) is 0 Å². The Morgan fingerprint density at radius 1 is 1.00 bits per heavy atom. The summed E-state index contributed by atoms with van der Waals surface area (Å²) in [6.45, 7) is 8.12. The van der Waals surface area contributed by atoms with Gasteiger partial charge >= 0.3 is 0 Å². The molecule has 0 unspecified atom stereocenters. The molecule has 0 amide bonds. The van der Waals surface area contributed by atoms with Gasteiger partial charge in [0.2, 0.25) is 0 Å². The zero-order valence-corrected chi connectivity index (χ0v) is 10.0. The van der Waals surface area contributed by atoms with Gasteiger partial charge in [0.05, 0.1) is 23.7 Å². The first-order valence-corrected chi connectivity index (χ1v) is 5.45. The van der Waals surface area contributed by atoms with Crippen LogP contribution in [0.3, 0.4) is 0 Å². The molecule has 0 aliphatic carbocycles. The average molecular weight is 234 g/mol. The lowest BCUT2D eigenvalue weighted by Crippen LogP contribution is -2.32. The minimum absolute atomic E-state index is 0.286. The molecule has 0 aromatic heterocycles. The summed E-state index contributed by atoms with van der Waals surface area (Å²) in [4.78, 5) is 0. The predicted molar refractivity (Wildman–Crippen MR) is 52.9 cm³/mol. The van der Waals surface area contributed by atoms with Crippen molar-refractivity contribution in [1.82, 2.24) is 4.67 Å². The van der Waals surface area contributed by atoms with Crippen molar-refractivity contribution in [3.8, 4) is 0 Å². The van der Waals surface area contributed by atoms with Crippen LogP contribution in [0.4, 0.5) is 0 Å². The quantitative estimate of drug-likeness (QED) is 0.677. The van der Waals surface area contributed by atoms with Crippen LogP contribution in [-0.4, -0.2) is 16.8 Å². The van der Waals surface area contributed by atoms with Crippen molar-refractivity contribution in [2.24, 2.45) is 0 Å². The van der Waals surface area contributed by atoms with Crippen molar-refractivity contribution >= 4 is 32.3 Å². The molecule has 12 heavy (non-hydrogen) atoms. The van der Waals surface area contributed by atoms with Crippen LogP contribution in [0, 0.1) is 0 Å². The summed E-state index contributed by atoms with van der Waals surface area (Å²) < 4.78 is 11.2. The molecule has 74 valence electrons. The SMILES string of the molecule is CC(C)N(C(C)C)P(OCl)OCl. The second kappa shape index (κ2) is 6.36. The number of halogens is 2. The molecule has 0 atom stereocenters. The fourth-order valence-corrected chi connectivity index (χ4v) is 2.66. The molecule has 0 N–H and O–H groups in total. The highest BCUT2D eigenvalue weighted by molar-refractivity contribution is 7.46. The van der Waals surface area contributed by atoms with E-state index in [1.165, 1.54) is 0 Å². The number of hydrogen-bond donors (Lipinski definition) is 0. The molecule has 0 aliphatic rings. The van der Waals surface area contributed by atoms with Crippen LogP contribution in [0.1, 0.15) is 27.7 Å². The summed E-state index contributed by atoms with van der Waals surface area (Å²) in [5.41, 5.74) is 0. The third-order valence-corrected chi connectivity index (χ3v) is 3.61. The molecule has 0 radical (unpaired) electrons. The minimum atomic E-state index is -1.33. The molecule has 0 saturated heterocycles. The standard InChI is InChI=1S/C6H14Cl2NO2P/c1-5(2)9(6(3)4)12(10-7)11-8/h5-6H,1-4H3. The van der Waals surface area contributed by atoms with E-state index in [4.69, 9.17) is 23.7 Å². The lowest BCUT2D eigenvalue weighted by atomic mass is 10.3. The highest BCUT2D eigenvalue weighted by Crippen LogP contribution is 2.47. The lowest BCUT2D eigenvalue weighted by molar-refractivity contribution is 0.274. The Morgan fingerprint density at radius 3 is 1.42 bits per heavy atom. The van der Waals surface area contributed by atoms with Gasteiger partial charge in [-0.15, -0.1) is 0 Å². The molecular formula is C6H14Cl2NO2P. The van der Waals surface area contributed by atoms with Crippen molar-refractivity contribution in [3.05, 3.63) is 0 Å². The third-order valence-electron chi connectivity index (χ3n) is 1.36. The van der Waals surface area contributed by atoms with Gasteiger partial charge in [0, 0.05) is 12.1 Å². The fourth-order valence-electron chi connectivity index (χ4n) is 1.06. The van der Waals surface area contributed by atoms with Crippen LogP contribution in [0.25, 0.3) is 0 Å². The Labute approximate surface area is 85.2 Å². The molecule has 0 aromatic carbocycles. The van der Waals surface area contributed by atoms with Crippen molar-refractivity contribution < 1.29 is 8.15 Å². The third kappa shape index (κ3) is 3.73. The van der Waals surface area contributed by atoms with E-state index in [1.54, 1.807) is 0 Å². The summed E-state index contributed by atoms with van der Waals surface area (Å²) >= 11 is 10.5. The van der Waals surface area contributed by atoms with Crippen LogP contribution in [0.15, 0.2) is 0 Å². The Kier molecular flexibility index (Phi) is 6.83. The molecular weight excluding hydrogens is 220 g/mol. The van der Waals surface area contributed by atoms with Gasteiger partial charge in [0.25, 0.3) is 8.53 Å². The number of hydrogen-bond acceptors (Lipinski definition) is 3. The predicted octanol–water partition coefficient (Wildman–Crippen LogP) is 3.67. The van der Waals surface area contributed by atoms with Crippen LogP contribution in [0.2, 0.25) is 0 Å². The molecule has 0 spiro atoms. The van der Waals surface area contributed by atoms with E-state index in [0.29, 0.717) is 0 Å². The highest BCUT2D eigenvalue weighted by atomic mass is 35.5. The summed E-state index contributed by atoms with van der Waals surface area (Å²) in [6.07, 6.45) is 0. The summed E-state index contributed by atoms with van der Waals surface area (Å²) in [6, 6.07) is 0.572. The van der Waals surface area contributed by atoms with E-state index < -0.39 is 8.53 Å². The normalized spacial score (nSPS) is 12.5. The summed E-state index contributed by atoms with van der Waals surface area (Å²) in [5, 5.41) is 0. The maximum Gasteiger partial charge on any atom is 0.295 e. The monoisotopic (exact) mass is 233 g/mol. The first kappa shape index (κ1) is 12.9. The number of nitrogens with zero attached hydrogens (tertiary/aromatic N) is 1. The zero-order chi connectivity index (χ0) is 9.72. The van der Waals surface area contributed by atoms with Crippen molar-refractivity contribution in [3.63, 3.8) is 0 Å². The lowest BCUT2D eigenvalue weighted by Gasteiger charge is -2.31. The molecule has 6 heteroatoms. The largest absolute Gasteiger partial charge is 0.295 e. The van der Waals surface area contributed by atoms with Gasteiger partial charge < -0.3 is 0 Å². The molecule has 3 nitrogen and oxygen atoms in total. The fraction of sp³-hybridized carbons (Fsp3) is 1.00. The van der Waals surface area contributed by atoms with Gasteiger partial charge in [0.15, 0.2) is 0 Å². The van der Waals surface area contributed by atoms with E-state index in [2.05, 4.69) is 8.15 Å². The highest BCUT2D eigenvalue weighted by Gasteiger charge is 2.26. The van der Waals surface area contributed by atoms with E-state index in [9.17, 15) is 0 Å². The van der Waals surface area contributed by atoms with E-state index >= 15 is 0 Å². The van der Waals surface area contributed by atoms with Crippen molar-refractivity contribution in [2.45, 2.75) is 39.8 Å². The zero-order valence-electron chi connectivity index (χ0n) is 7.62. The van der Waals surface area contributed by atoms with Gasteiger partial charge in [-0.05, 0) is 27.7 Å². The Balaban J connectivity index is 4.26. The molecule has 0 aromatic rings. The Bertz CT molecular complexity index is 114. The Morgan fingerprint density at radius 2 is 1.33 bits per heavy atom. The topological polar surface area (TPSA) is 21.7 Å². The van der Waals surface area contributed by atoms with Gasteiger partial charge in [-0.25, -0.2) is 12.8 Å². The Hall–Kier alpha value is 0.890. The van der Waals surface area contributed by atoms with Gasteiger partial charge in [0.1, 0.15) is 0 Å². The first-order chi connectivity index (χ1) is 5.54. The molecule has 0 aliphatic heterocycles. The van der Waals surface area contributed by atoms with E-state index in [-0.39, 0.29) is 12.1 Å². The van der Waals surface area contributed by atoms with E-state index in [1.807, 2.05) is 32.4 Å². The van der Waals surface area contributed by atoms with Gasteiger partial charge in [-0.3, -0.25) is 0 Å². The number of rotatable bonds is 5. The maximum atomic E-state index is 5.23. The summed E-state index contributed by atoms with van der Waals surface area (Å²) in [5.74, 6) is 0. The van der Waals surface area contributed by atoms with Crippen LogP contribution in [0.5, 0.6) is 0 Å². The second-order valence-corrected chi connectivity index (χ2v) is 4.99. The van der Waals surface area contributed by atoms with Crippen molar-refractivity contribution in [1.29, 1.82) is 0 Å². The maximum absolute atomic E-state index is 5.23.